The first-order valence-electron chi connectivity index (χ1n) is 7.71. The maximum atomic E-state index is 13.5. The van der Waals surface area contributed by atoms with Gasteiger partial charge in [0.1, 0.15) is 11.6 Å². The van der Waals surface area contributed by atoms with Gasteiger partial charge in [-0.15, -0.1) is 11.8 Å². The van der Waals surface area contributed by atoms with Crippen LogP contribution in [-0.4, -0.2) is 27.8 Å². The van der Waals surface area contributed by atoms with Crippen LogP contribution in [0.4, 0.5) is 4.39 Å². The average molecular weight is 343 g/mol. The van der Waals surface area contributed by atoms with E-state index in [9.17, 15) is 9.18 Å². The zero-order valence-electron chi connectivity index (χ0n) is 13.3. The molecule has 0 saturated heterocycles. The number of nitrogens with zero attached hydrogens (tertiary/aromatic N) is 2. The van der Waals surface area contributed by atoms with Crippen LogP contribution in [0.3, 0.4) is 0 Å². The van der Waals surface area contributed by atoms with Gasteiger partial charge in [0, 0.05) is 18.0 Å². The monoisotopic (exact) mass is 343 g/mol. The first-order valence-corrected chi connectivity index (χ1v) is 8.69. The van der Waals surface area contributed by atoms with Gasteiger partial charge in [-0.3, -0.25) is 4.79 Å². The molecule has 1 heterocycles. The van der Waals surface area contributed by atoms with Crippen molar-refractivity contribution in [1.29, 1.82) is 0 Å². The van der Waals surface area contributed by atoms with Crippen molar-refractivity contribution in [3.05, 3.63) is 60.2 Å². The Morgan fingerprint density at radius 2 is 1.96 bits per heavy atom. The van der Waals surface area contributed by atoms with E-state index in [-0.39, 0.29) is 17.5 Å². The molecule has 4 nitrogen and oxygen atoms in total. The summed E-state index contributed by atoms with van der Waals surface area (Å²) in [6, 6.07) is 14.4. The number of nitrogens with one attached hydrogen (secondary N) is 1. The summed E-state index contributed by atoms with van der Waals surface area (Å²) in [4.78, 5) is 16.9. The molecule has 0 spiro atoms. The number of aromatic nitrogens is 2. The number of thioether (sulfide) groups is 1. The molecule has 1 N–H and O–H groups in total. The Morgan fingerprint density at radius 1 is 1.21 bits per heavy atom. The van der Waals surface area contributed by atoms with E-state index in [1.165, 1.54) is 17.8 Å². The number of rotatable bonds is 6. The molecule has 0 bridgehead atoms. The van der Waals surface area contributed by atoms with Crippen molar-refractivity contribution in [2.75, 3.05) is 12.3 Å². The zero-order valence-corrected chi connectivity index (χ0v) is 14.1. The summed E-state index contributed by atoms with van der Waals surface area (Å²) >= 11 is 1.20. The van der Waals surface area contributed by atoms with E-state index in [1.54, 1.807) is 18.2 Å². The Hall–Kier alpha value is -2.34. The van der Waals surface area contributed by atoms with Crippen LogP contribution in [0.1, 0.15) is 5.82 Å². The summed E-state index contributed by atoms with van der Waals surface area (Å²) in [5.41, 5.74) is 2.02. The van der Waals surface area contributed by atoms with Gasteiger partial charge in [0.25, 0.3) is 0 Å². The van der Waals surface area contributed by atoms with Crippen molar-refractivity contribution in [3.63, 3.8) is 0 Å². The van der Waals surface area contributed by atoms with Crippen molar-refractivity contribution >= 4 is 28.7 Å². The largest absolute Gasteiger partial charge is 0.354 e. The zero-order chi connectivity index (χ0) is 16.9. The molecule has 0 saturated carbocycles. The Bertz CT molecular complexity index is 862. The summed E-state index contributed by atoms with van der Waals surface area (Å²) in [6.45, 7) is 3.12. The fourth-order valence-corrected chi connectivity index (χ4v) is 3.31. The number of para-hydroxylation sites is 2. The molecule has 3 aromatic rings. The molecule has 0 radical (unpaired) electrons. The van der Waals surface area contributed by atoms with Gasteiger partial charge in [-0.05, 0) is 31.2 Å². The highest BCUT2D eigenvalue weighted by molar-refractivity contribution is 8.00. The van der Waals surface area contributed by atoms with Gasteiger partial charge in [0.15, 0.2) is 0 Å². The number of benzene rings is 2. The van der Waals surface area contributed by atoms with Gasteiger partial charge >= 0.3 is 0 Å². The molecule has 0 aliphatic heterocycles. The molecule has 2 aromatic carbocycles. The van der Waals surface area contributed by atoms with Crippen molar-refractivity contribution in [2.45, 2.75) is 18.4 Å². The van der Waals surface area contributed by atoms with Crippen LogP contribution in [0.25, 0.3) is 11.0 Å². The molecule has 0 atom stereocenters. The minimum atomic E-state index is -0.296. The molecule has 0 aliphatic rings. The first kappa shape index (κ1) is 16.5. The number of amides is 1. The lowest BCUT2D eigenvalue weighted by Gasteiger charge is -2.09. The highest BCUT2D eigenvalue weighted by Crippen LogP contribution is 2.20. The Kier molecular flexibility index (Phi) is 5.15. The minimum absolute atomic E-state index is 0.106. The second-order valence-electron chi connectivity index (χ2n) is 5.37. The smallest absolute Gasteiger partial charge is 0.230 e. The second-order valence-corrected chi connectivity index (χ2v) is 6.39. The second kappa shape index (κ2) is 7.49. The minimum Gasteiger partial charge on any atom is -0.354 e. The van der Waals surface area contributed by atoms with E-state index < -0.39 is 0 Å². The Morgan fingerprint density at radius 3 is 2.79 bits per heavy atom. The third-order valence-corrected chi connectivity index (χ3v) is 4.75. The van der Waals surface area contributed by atoms with E-state index in [2.05, 4.69) is 14.9 Å². The number of imidazole rings is 1. The summed E-state index contributed by atoms with van der Waals surface area (Å²) in [6.07, 6.45) is 0. The quantitative estimate of drug-likeness (QED) is 0.698. The number of fused-ring (bicyclic) bond motifs is 1. The van der Waals surface area contributed by atoms with E-state index in [0.717, 1.165) is 16.9 Å². The first-order chi connectivity index (χ1) is 11.6. The van der Waals surface area contributed by atoms with Gasteiger partial charge in [-0.1, -0.05) is 24.3 Å². The number of carbonyl (C=O) groups excluding carboxylic acids is 1. The van der Waals surface area contributed by atoms with Crippen molar-refractivity contribution in [2.24, 2.45) is 0 Å². The third-order valence-electron chi connectivity index (χ3n) is 3.70. The molecule has 124 valence electrons. The number of hydrogen-bond donors (Lipinski definition) is 1. The molecule has 24 heavy (non-hydrogen) atoms. The molecule has 3 rings (SSSR count). The van der Waals surface area contributed by atoms with Crippen molar-refractivity contribution in [3.8, 4) is 0 Å². The maximum absolute atomic E-state index is 13.5. The van der Waals surface area contributed by atoms with Crippen LogP contribution < -0.4 is 5.32 Å². The Labute approximate surface area is 144 Å². The number of hydrogen-bond acceptors (Lipinski definition) is 3. The van der Waals surface area contributed by atoms with Crippen LogP contribution in [-0.2, 0) is 11.3 Å². The van der Waals surface area contributed by atoms with Gasteiger partial charge in [0.2, 0.25) is 5.91 Å². The fraction of sp³-hybridized carbons (Fsp3) is 0.222. The molecule has 0 unspecified atom stereocenters. The van der Waals surface area contributed by atoms with Gasteiger partial charge in [-0.2, -0.15) is 0 Å². The third kappa shape index (κ3) is 3.76. The normalized spacial score (nSPS) is 10.9. The molecule has 6 heteroatoms. The van der Waals surface area contributed by atoms with Crippen LogP contribution >= 0.6 is 11.8 Å². The number of carbonyl (C=O) groups is 1. The summed E-state index contributed by atoms with van der Waals surface area (Å²) < 4.78 is 15.6. The summed E-state index contributed by atoms with van der Waals surface area (Å²) in [5.74, 6) is 0.720. The van der Waals surface area contributed by atoms with E-state index in [1.807, 2.05) is 31.2 Å². The summed E-state index contributed by atoms with van der Waals surface area (Å²) in [7, 11) is 0. The lowest BCUT2D eigenvalue weighted by molar-refractivity contribution is -0.118. The van der Waals surface area contributed by atoms with Gasteiger partial charge in [0.05, 0.1) is 16.8 Å². The molecular weight excluding hydrogens is 325 g/mol. The molecule has 1 amide bonds. The molecular formula is C18H18FN3OS. The van der Waals surface area contributed by atoms with Crippen LogP contribution in [0, 0.1) is 12.7 Å². The fourth-order valence-electron chi connectivity index (χ4n) is 2.54. The summed E-state index contributed by atoms with van der Waals surface area (Å²) in [5, 5.41) is 2.87. The van der Waals surface area contributed by atoms with Crippen LogP contribution in [0.2, 0.25) is 0 Å². The maximum Gasteiger partial charge on any atom is 0.230 e. The SMILES string of the molecule is Cc1nc2ccccc2n1CCNC(=O)CSc1ccccc1F. The lowest BCUT2D eigenvalue weighted by atomic mass is 10.3. The van der Waals surface area contributed by atoms with Gasteiger partial charge in [-0.25, -0.2) is 9.37 Å². The van der Waals surface area contributed by atoms with Gasteiger partial charge < -0.3 is 9.88 Å². The average Bonchev–Trinajstić information content (AvgIpc) is 2.90. The van der Waals surface area contributed by atoms with E-state index in [4.69, 9.17) is 0 Å². The molecule has 0 fully saturated rings. The lowest BCUT2D eigenvalue weighted by Crippen LogP contribution is -2.28. The predicted octanol–water partition coefficient (Wildman–Crippen LogP) is 3.39. The topological polar surface area (TPSA) is 46.9 Å². The number of halogens is 1. The van der Waals surface area contributed by atoms with E-state index in [0.29, 0.717) is 18.0 Å². The Balaban J connectivity index is 1.51. The van der Waals surface area contributed by atoms with E-state index >= 15 is 0 Å². The highest BCUT2D eigenvalue weighted by Gasteiger charge is 2.08. The highest BCUT2D eigenvalue weighted by atomic mass is 32.2. The molecule has 0 aliphatic carbocycles. The number of aryl methyl sites for hydroxylation is 1. The predicted molar refractivity (Wildman–Crippen MR) is 94.6 cm³/mol. The van der Waals surface area contributed by atoms with Crippen LogP contribution in [0.5, 0.6) is 0 Å². The molecule has 1 aromatic heterocycles. The standard InChI is InChI=1S/C18H18FN3OS/c1-13-21-15-7-3-4-8-16(15)22(13)11-10-20-18(23)12-24-17-9-5-2-6-14(17)19/h2-9H,10-12H2,1H3,(H,20,23). The van der Waals surface area contributed by atoms with Crippen LogP contribution in [0.15, 0.2) is 53.4 Å². The van der Waals surface area contributed by atoms with Crippen molar-refractivity contribution in [1.82, 2.24) is 14.9 Å². The van der Waals surface area contributed by atoms with Crippen molar-refractivity contribution < 1.29 is 9.18 Å².